The van der Waals surface area contributed by atoms with Gasteiger partial charge in [0.2, 0.25) is 5.91 Å². The standard InChI is InChI=1S/C17H23NO2/c1-17(14-5-3-2-4-6-14)10-7-16(19)18(13-17)15-8-11-20-12-9-15/h2-6,15H,7-13H2,1H3/t17-/m0/s1. The highest BCUT2D eigenvalue weighted by atomic mass is 16.5. The zero-order chi connectivity index (χ0) is 14.0. The summed E-state index contributed by atoms with van der Waals surface area (Å²) >= 11 is 0. The van der Waals surface area contributed by atoms with Crippen LogP contribution in [0.1, 0.15) is 38.2 Å². The zero-order valence-electron chi connectivity index (χ0n) is 12.2. The van der Waals surface area contributed by atoms with Gasteiger partial charge >= 0.3 is 0 Å². The number of piperidine rings is 1. The molecule has 1 aromatic carbocycles. The van der Waals surface area contributed by atoms with Crippen LogP contribution in [0.4, 0.5) is 0 Å². The van der Waals surface area contributed by atoms with Gasteiger partial charge in [-0.2, -0.15) is 0 Å². The Balaban J connectivity index is 1.80. The number of likely N-dealkylation sites (tertiary alicyclic amines) is 1. The lowest BCUT2D eigenvalue weighted by atomic mass is 9.75. The van der Waals surface area contributed by atoms with Gasteiger partial charge in [0.1, 0.15) is 0 Å². The molecule has 0 aliphatic carbocycles. The molecule has 108 valence electrons. The van der Waals surface area contributed by atoms with Crippen LogP contribution in [0, 0.1) is 0 Å². The van der Waals surface area contributed by atoms with E-state index in [1.54, 1.807) is 0 Å². The van der Waals surface area contributed by atoms with Gasteiger partial charge in [0.05, 0.1) is 0 Å². The lowest BCUT2D eigenvalue weighted by Gasteiger charge is -2.45. The van der Waals surface area contributed by atoms with E-state index in [1.165, 1.54) is 5.56 Å². The van der Waals surface area contributed by atoms with Crippen LogP contribution in [-0.2, 0) is 14.9 Å². The molecule has 2 aliphatic heterocycles. The predicted molar refractivity (Wildman–Crippen MR) is 78.6 cm³/mol. The van der Waals surface area contributed by atoms with Gasteiger partial charge in [-0.05, 0) is 24.8 Å². The highest BCUT2D eigenvalue weighted by Crippen LogP contribution is 2.35. The van der Waals surface area contributed by atoms with Crippen LogP contribution in [0.2, 0.25) is 0 Å². The van der Waals surface area contributed by atoms with Gasteiger partial charge in [-0.3, -0.25) is 4.79 Å². The maximum absolute atomic E-state index is 12.3. The van der Waals surface area contributed by atoms with Crippen molar-refractivity contribution in [3.63, 3.8) is 0 Å². The van der Waals surface area contributed by atoms with Gasteiger partial charge in [-0.25, -0.2) is 0 Å². The Morgan fingerprint density at radius 1 is 1.20 bits per heavy atom. The molecule has 1 atom stereocenters. The zero-order valence-corrected chi connectivity index (χ0v) is 12.2. The van der Waals surface area contributed by atoms with Crippen LogP contribution in [0.15, 0.2) is 30.3 Å². The second-order valence-corrected chi connectivity index (χ2v) is 6.29. The molecule has 0 aromatic heterocycles. The number of ether oxygens (including phenoxy) is 1. The number of hydrogen-bond acceptors (Lipinski definition) is 2. The first-order valence-electron chi connectivity index (χ1n) is 7.62. The van der Waals surface area contributed by atoms with Gasteiger partial charge in [-0.1, -0.05) is 37.3 Å². The third kappa shape index (κ3) is 2.59. The highest BCUT2D eigenvalue weighted by molar-refractivity contribution is 5.78. The molecule has 20 heavy (non-hydrogen) atoms. The van der Waals surface area contributed by atoms with Crippen molar-refractivity contribution in [2.75, 3.05) is 19.8 Å². The summed E-state index contributed by atoms with van der Waals surface area (Å²) in [6.45, 7) is 4.72. The molecule has 0 bridgehead atoms. The van der Waals surface area contributed by atoms with Crippen molar-refractivity contribution < 1.29 is 9.53 Å². The minimum absolute atomic E-state index is 0.0907. The van der Waals surface area contributed by atoms with Gasteiger partial charge in [-0.15, -0.1) is 0 Å². The van der Waals surface area contributed by atoms with E-state index in [0.29, 0.717) is 18.4 Å². The summed E-state index contributed by atoms with van der Waals surface area (Å²) in [4.78, 5) is 14.4. The van der Waals surface area contributed by atoms with Crippen LogP contribution in [-0.4, -0.2) is 36.6 Å². The van der Waals surface area contributed by atoms with Crippen LogP contribution in [0.5, 0.6) is 0 Å². The number of nitrogens with zero attached hydrogens (tertiary/aromatic N) is 1. The van der Waals surface area contributed by atoms with Crippen LogP contribution >= 0.6 is 0 Å². The van der Waals surface area contributed by atoms with Gasteiger partial charge in [0.25, 0.3) is 0 Å². The first kappa shape index (κ1) is 13.6. The van der Waals surface area contributed by atoms with Crippen molar-refractivity contribution in [2.45, 2.75) is 44.1 Å². The number of amides is 1. The normalized spacial score (nSPS) is 28.6. The maximum Gasteiger partial charge on any atom is 0.222 e. The molecule has 1 amide bonds. The van der Waals surface area contributed by atoms with Gasteiger partial charge in [0, 0.05) is 37.6 Å². The molecule has 0 saturated carbocycles. The average molecular weight is 273 g/mol. The molecule has 0 radical (unpaired) electrons. The lowest BCUT2D eigenvalue weighted by molar-refractivity contribution is -0.140. The van der Waals surface area contributed by atoms with E-state index < -0.39 is 0 Å². The number of carbonyl (C=O) groups excluding carboxylic acids is 1. The molecule has 1 aromatic rings. The molecule has 3 heteroatoms. The molecule has 2 fully saturated rings. The molecule has 0 unspecified atom stereocenters. The number of hydrogen-bond donors (Lipinski definition) is 0. The van der Waals surface area contributed by atoms with Crippen molar-refractivity contribution in [3.05, 3.63) is 35.9 Å². The molecule has 2 aliphatic rings. The summed E-state index contributed by atoms with van der Waals surface area (Å²) < 4.78 is 5.42. The van der Waals surface area contributed by atoms with E-state index in [9.17, 15) is 4.79 Å². The largest absolute Gasteiger partial charge is 0.381 e. The third-order valence-electron chi connectivity index (χ3n) is 4.83. The Hall–Kier alpha value is -1.35. The first-order valence-corrected chi connectivity index (χ1v) is 7.62. The summed E-state index contributed by atoms with van der Waals surface area (Å²) in [5.74, 6) is 0.324. The molecular formula is C17H23NO2. The average Bonchev–Trinajstić information content (AvgIpc) is 2.52. The SMILES string of the molecule is C[C@]1(c2ccccc2)CCC(=O)N(C2CCOCC2)C1. The highest BCUT2D eigenvalue weighted by Gasteiger charge is 2.39. The Morgan fingerprint density at radius 3 is 2.60 bits per heavy atom. The maximum atomic E-state index is 12.3. The van der Waals surface area contributed by atoms with E-state index in [2.05, 4.69) is 42.2 Å². The molecule has 0 spiro atoms. The van der Waals surface area contributed by atoms with Crippen molar-refractivity contribution in [3.8, 4) is 0 Å². The van der Waals surface area contributed by atoms with E-state index in [-0.39, 0.29) is 5.41 Å². The van der Waals surface area contributed by atoms with Crippen molar-refractivity contribution in [2.24, 2.45) is 0 Å². The van der Waals surface area contributed by atoms with E-state index in [1.807, 2.05) is 0 Å². The second-order valence-electron chi connectivity index (χ2n) is 6.29. The summed E-state index contributed by atoms with van der Waals surface area (Å²) in [5, 5.41) is 0. The minimum atomic E-state index is 0.0907. The Bertz CT molecular complexity index is 467. The first-order chi connectivity index (χ1) is 9.69. The second kappa shape index (κ2) is 5.57. The molecule has 3 rings (SSSR count). The minimum Gasteiger partial charge on any atom is -0.381 e. The van der Waals surface area contributed by atoms with E-state index in [4.69, 9.17) is 4.74 Å². The summed E-state index contributed by atoms with van der Waals surface area (Å²) in [6, 6.07) is 11.0. The van der Waals surface area contributed by atoms with Crippen molar-refractivity contribution >= 4 is 5.91 Å². The fourth-order valence-corrected chi connectivity index (χ4v) is 3.48. The fraction of sp³-hybridized carbons (Fsp3) is 0.588. The van der Waals surface area contributed by atoms with Gasteiger partial charge < -0.3 is 9.64 Å². The predicted octanol–water partition coefficient (Wildman–Crippen LogP) is 2.75. The fourth-order valence-electron chi connectivity index (χ4n) is 3.48. The Morgan fingerprint density at radius 2 is 1.90 bits per heavy atom. The Kier molecular flexibility index (Phi) is 3.79. The molecule has 0 N–H and O–H groups in total. The van der Waals surface area contributed by atoms with Gasteiger partial charge in [0.15, 0.2) is 0 Å². The quantitative estimate of drug-likeness (QED) is 0.829. The molecular weight excluding hydrogens is 250 g/mol. The lowest BCUT2D eigenvalue weighted by Crippen LogP contribution is -2.53. The van der Waals surface area contributed by atoms with Crippen molar-refractivity contribution in [1.29, 1.82) is 0 Å². The third-order valence-corrected chi connectivity index (χ3v) is 4.83. The number of carbonyl (C=O) groups is 1. The van der Waals surface area contributed by atoms with Crippen LogP contribution < -0.4 is 0 Å². The molecule has 2 saturated heterocycles. The summed E-state index contributed by atoms with van der Waals surface area (Å²) in [7, 11) is 0. The monoisotopic (exact) mass is 273 g/mol. The van der Waals surface area contributed by atoms with Crippen LogP contribution in [0.3, 0.4) is 0 Å². The topological polar surface area (TPSA) is 29.5 Å². The van der Waals surface area contributed by atoms with Crippen LogP contribution in [0.25, 0.3) is 0 Å². The molecule has 2 heterocycles. The Labute approximate surface area is 120 Å². The number of rotatable bonds is 2. The van der Waals surface area contributed by atoms with E-state index >= 15 is 0 Å². The van der Waals surface area contributed by atoms with Crippen molar-refractivity contribution in [1.82, 2.24) is 4.90 Å². The smallest absolute Gasteiger partial charge is 0.222 e. The van der Waals surface area contributed by atoms with E-state index in [0.717, 1.165) is 39.0 Å². The molecule has 3 nitrogen and oxygen atoms in total. The summed E-state index contributed by atoms with van der Waals surface area (Å²) in [5.41, 5.74) is 1.44. The summed E-state index contributed by atoms with van der Waals surface area (Å²) in [6.07, 6.45) is 3.59. The number of benzene rings is 1.